The van der Waals surface area contributed by atoms with Crippen LogP contribution in [0.2, 0.25) is 0 Å². The Hall–Kier alpha value is -2.87. The number of benzene rings is 2. The maximum absolute atomic E-state index is 13.5. The number of carbonyl (C=O) groups excluding carboxylic acids is 2. The third-order valence-electron chi connectivity index (χ3n) is 5.14. The Balaban J connectivity index is 2.43. The maximum atomic E-state index is 13.5. The quantitative estimate of drug-likeness (QED) is 0.592. The Morgan fingerprint density at radius 3 is 2.16 bits per heavy atom. The summed E-state index contributed by atoms with van der Waals surface area (Å²) in [5.41, 5.74) is 3.22. The first kappa shape index (κ1) is 25.4. The Labute approximate surface area is 191 Å². The number of likely N-dealkylation sites (N-methyl/N-ethyl adjacent to an activating group) is 1. The molecule has 0 heterocycles. The van der Waals surface area contributed by atoms with Gasteiger partial charge in [0.25, 0.3) is 0 Å². The van der Waals surface area contributed by atoms with Crippen molar-refractivity contribution in [2.75, 3.05) is 23.7 Å². The third-order valence-corrected chi connectivity index (χ3v) is 6.28. The van der Waals surface area contributed by atoms with Gasteiger partial charge in [-0.15, -0.1) is 0 Å². The topological polar surface area (TPSA) is 86.8 Å². The number of anilines is 1. The van der Waals surface area contributed by atoms with Gasteiger partial charge in [-0.3, -0.25) is 13.9 Å². The molecule has 0 aliphatic heterocycles. The van der Waals surface area contributed by atoms with Gasteiger partial charge < -0.3 is 10.2 Å². The predicted molar refractivity (Wildman–Crippen MR) is 128 cm³/mol. The number of nitrogens with zero attached hydrogens (tertiary/aromatic N) is 2. The van der Waals surface area contributed by atoms with Crippen LogP contribution in [-0.2, 0) is 26.2 Å². The average molecular weight is 460 g/mol. The van der Waals surface area contributed by atoms with Crippen LogP contribution in [0.15, 0.2) is 48.5 Å². The number of nitrogens with one attached hydrogen (secondary N) is 1. The van der Waals surface area contributed by atoms with E-state index >= 15 is 0 Å². The summed E-state index contributed by atoms with van der Waals surface area (Å²) < 4.78 is 26.2. The molecular formula is C24H33N3O4S. The molecule has 0 radical (unpaired) electrons. The van der Waals surface area contributed by atoms with E-state index in [1.54, 1.807) is 18.2 Å². The van der Waals surface area contributed by atoms with Crippen molar-refractivity contribution in [1.82, 2.24) is 10.2 Å². The largest absolute Gasteiger partial charge is 0.355 e. The average Bonchev–Trinajstić information content (AvgIpc) is 2.71. The molecule has 2 aromatic carbocycles. The molecule has 0 unspecified atom stereocenters. The fourth-order valence-corrected chi connectivity index (χ4v) is 4.46. The number of carbonyl (C=O) groups is 2. The van der Waals surface area contributed by atoms with Crippen molar-refractivity contribution in [2.45, 2.75) is 46.7 Å². The van der Waals surface area contributed by atoms with Gasteiger partial charge in [-0.25, -0.2) is 8.42 Å². The van der Waals surface area contributed by atoms with Crippen molar-refractivity contribution in [3.63, 3.8) is 0 Å². The zero-order valence-electron chi connectivity index (χ0n) is 19.5. The minimum Gasteiger partial charge on any atom is -0.355 e. The number of hydrogen-bond acceptors (Lipinski definition) is 4. The molecule has 0 saturated carbocycles. The summed E-state index contributed by atoms with van der Waals surface area (Å²) in [5, 5.41) is 2.79. The van der Waals surface area contributed by atoms with Gasteiger partial charge in [0.05, 0.1) is 11.9 Å². The third kappa shape index (κ3) is 6.82. The fraction of sp³-hybridized carbons (Fsp3) is 0.417. The van der Waals surface area contributed by atoms with E-state index in [1.807, 2.05) is 58.0 Å². The zero-order valence-corrected chi connectivity index (χ0v) is 20.3. The predicted octanol–water partition coefficient (Wildman–Crippen LogP) is 3.01. The van der Waals surface area contributed by atoms with Gasteiger partial charge in [0.15, 0.2) is 0 Å². The van der Waals surface area contributed by atoms with Gasteiger partial charge in [0, 0.05) is 13.1 Å². The van der Waals surface area contributed by atoms with Crippen LogP contribution < -0.4 is 9.62 Å². The van der Waals surface area contributed by atoms with E-state index in [9.17, 15) is 18.0 Å². The SMILES string of the molecule is CCNC(=O)[C@@H](CC)N(Cc1cccc(C)c1)C(=O)CN(c1cccc(C)c1)S(C)(=O)=O. The summed E-state index contributed by atoms with van der Waals surface area (Å²) in [6.07, 6.45) is 1.49. The van der Waals surface area contributed by atoms with Crippen molar-refractivity contribution >= 4 is 27.5 Å². The van der Waals surface area contributed by atoms with Gasteiger partial charge in [-0.05, 0) is 50.5 Å². The molecule has 7 nitrogen and oxygen atoms in total. The Bertz CT molecular complexity index is 1050. The number of amides is 2. The second-order valence-electron chi connectivity index (χ2n) is 7.94. The van der Waals surface area contributed by atoms with Crippen molar-refractivity contribution in [3.8, 4) is 0 Å². The van der Waals surface area contributed by atoms with Crippen LogP contribution in [0.5, 0.6) is 0 Å². The molecule has 2 amide bonds. The monoisotopic (exact) mass is 459 g/mol. The second kappa shape index (κ2) is 11.1. The van der Waals surface area contributed by atoms with Crippen molar-refractivity contribution < 1.29 is 18.0 Å². The lowest BCUT2D eigenvalue weighted by Gasteiger charge is -2.33. The molecule has 32 heavy (non-hydrogen) atoms. The van der Waals surface area contributed by atoms with Crippen LogP contribution in [0.3, 0.4) is 0 Å². The van der Waals surface area contributed by atoms with E-state index in [0.29, 0.717) is 18.7 Å². The van der Waals surface area contributed by atoms with E-state index in [0.717, 1.165) is 27.3 Å². The van der Waals surface area contributed by atoms with E-state index in [2.05, 4.69) is 5.32 Å². The van der Waals surface area contributed by atoms with Gasteiger partial charge in [-0.2, -0.15) is 0 Å². The number of aryl methyl sites for hydroxylation is 2. The highest BCUT2D eigenvalue weighted by molar-refractivity contribution is 7.92. The van der Waals surface area contributed by atoms with E-state index < -0.39 is 22.0 Å². The fourth-order valence-electron chi connectivity index (χ4n) is 3.62. The molecule has 0 fully saturated rings. The molecule has 0 aliphatic carbocycles. The van der Waals surface area contributed by atoms with Gasteiger partial charge in [0.1, 0.15) is 12.6 Å². The molecule has 174 valence electrons. The number of rotatable bonds is 10. The molecular weight excluding hydrogens is 426 g/mol. The summed E-state index contributed by atoms with van der Waals surface area (Å²) in [6, 6.07) is 14.0. The number of sulfonamides is 1. The van der Waals surface area contributed by atoms with Crippen LogP contribution in [0.25, 0.3) is 0 Å². The molecule has 0 aromatic heterocycles. The van der Waals surface area contributed by atoms with Crippen molar-refractivity contribution in [1.29, 1.82) is 0 Å². The number of hydrogen-bond donors (Lipinski definition) is 1. The Kier molecular flexibility index (Phi) is 8.83. The molecule has 0 spiro atoms. The van der Waals surface area contributed by atoms with Crippen molar-refractivity contribution in [3.05, 3.63) is 65.2 Å². The van der Waals surface area contributed by atoms with Crippen LogP contribution in [0.4, 0.5) is 5.69 Å². The molecule has 0 bridgehead atoms. The lowest BCUT2D eigenvalue weighted by Crippen LogP contribution is -2.52. The molecule has 8 heteroatoms. The van der Waals surface area contributed by atoms with Gasteiger partial charge in [-0.1, -0.05) is 48.9 Å². The Morgan fingerprint density at radius 1 is 1.00 bits per heavy atom. The maximum Gasteiger partial charge on any atom is 0.244 e. The van der Waals surface area contributed by atoms with Crippen molar-refractivity contribution in [2.24, 2.45) is 0 Å². The van der Waals surface area contributed by atoms with Gasteiger partial charge in [0.2, 0.25) is 21.8 Å². The van der Waals surface area contributed by atoms with Crippen LogP contribution in [-0.4, -0.2) is 50.5 Å². The molecule has 0 saturated heterocycles. The highest BCUT2D eigenvalue weighted by atomic mass is 32.2. The normalized spacial score (nSPS) is 12.2. The zero-order chi connectivity index (χ0) is 23.9. The standard InChI is InChI=1S/C24H33N3O4S/c1-6-22(24(29)25-7-2)26(16-20-12-8-10-18(3)14-20)23(28)17-27(32(5,30)31)21-13-9-11-19(4)15-21/h8-15,22H,6-7,16-17H2,1-5H3,(H,25,29)/t22-/m1/s1. The van der Waals surface area contributed by atoms with E-state index in [1.165, 1.54) is 4.90 Å². The summed E-state index contributed by atoms with van der Waals surface area (Å²) in [7, 11) is -3.72. The lowest BCUT2D eigenvalue weighted by molar-refractivity contribution is -0.140. The first-order valence-electron chi connectivity index (χ1n) is 10.7. The summed E-state index contributed by atoms with van der Waals surface area (Å²) in [6.45, 7) is 7.75. The molecule has 1 atom stereocenters. The highest BCUT2D eigenvalue weighted by Crippen LogP contribution is 2.21. The Morgan fingerprint density at radius 2 is 1.62 bits per heavy atom. The molecule has 1 N–H and O–H groups in total. The van der Waals surface area contributed by atoms with E-state index in [-0.39, 0.29) is 19.0 Å². The molecule has 2 rings (SSSR count). The minimum absolute atomic E-state index is 0.210. The van der Waals surface area contributed by atoms with E-state index in [4.69, 9.17) is 0 Å². The van der Waals surface area contributed by atoms with Crippen LogP contribution in [0, 0.1) is 13.8 Å². The summed E-state index contributed by atoms with van der Waals surface area (Å²) in [4.78, 5) is 27.7. The first-order valence-corrected chi connectivity index (χ1v) is 12.6. The van der Waals surface area contributed by atoms with Crippen LogP contribution in [0.1, 0.15) is 37.0 Å². The lowest BCUT2D eigenvalue weighted by atomic mass is 10.1. The summed E-state index contributed by atoms with van der Waals surface area (Å²) >= 11 is 0. The minimum atomic E-state index is -3.72. The molecule has 0 aliphatic rings. The van der Waals surface area contributed by atoms with Crippen LogP contribution >= 0.6 is 0 Å². The summed E-state index contributed by atoms with van der Waals surface area (Å²) in [5.74, 6) is -0.686. The van der Waals surface area contributed by atoms with Gasteiger partial charge >= 0.3 is 0 Å². The highest BCUT2D eigenvalue weighted by Gasteiger charge is 2.31. The second-order valence-corrected chi connectivity index (χ2v) is 9.84. The smallest absolute Gasteiger partial charge is 0.244 e. The molecule has 2 aromatic rings. The first-order chi connectivity index (χ1) is 15.1.